The van der Waals surface area contributed by atoms with Gasteiger partial charge in [-0.2, -0.15) is 0 Å². The zero-order valence-electron chi connectivity index (χ0n) is 11.0. The van der Waals surface area contributed by atoms with Gasteiger partial charge in [0.1, 0.15) is 0 Å². The van der Waals surface area contributed by atoms with Gasteiger partial charge in [-0.25, -0.2) is 0 Å². The molecule has 0 bridgehead atoms. The molecule has 5 heteroatoms. The van der Waals surface area contributed by atoms with Crippen LogP contribution in [0.25, 0.3) is 0 Å². The second-order valence-corrected chi connectivity index (χ2v) is 4.60. The van der Waals surface area contributed by atoms with Gasteiger partial charge < -0.3 is 20.5 Å². The second kappa shape index (κ2) is 4.77. The smallest absolute Gasteiger partial charge is 0.256 e. The largest absolute Gasteiger partial charge is 0.454 e. The zero-order chi connectivity index (χ0) is 14.1. The minimum absolute atomic E-state index is 0.200. The van der Waals surface area contributed by atoms with Crippen LogP contribution in [0.3, 0.4) is 0 Å². The highest BCUT2D eigenvalue weighted by atomic mass is 16.7. The molecule has 5 nitrogen and oxygen atoms in total. The van der Waals surface area contributed by atoms with Gasteiger partial charge in [0.05, 0.1) is 0 Å². The molecule has 1 heterocycles. The predicted octanol–water partition coefficient (Wildman–Crippen LogP) is 2.56. The van der Waals surface area contributed by atoms with Crippen molar-refractivity contribution in [3.63, 3.8) is 0 Å². The summed E-state index contributed by atoms with van der Waals surface area (Å²) in [5, 5.41) is 2.83. The number of nitrogen functional groups attached to an aromatic ring is 1. The van der Waals surface area contributed by atoms with E-state index in [4.69, 9.17) is 15.2 Å². The molecular formula is C15H14N2O3. The predicted molar refractivity (Wildman–Crippen MR) is 76.1 cm³/mol. The van der Waals surface area contributed by atoms with Crippen molar-refractivity contribution in [2.45, 2.75) is 6.92 Å². The molecule has 0 saturated heterocycles. The van der Waals surface area contributed by atoms with Crippen LogP contribution in [0.4, 0.5) is 11.4 Å². The molecule has 3 rings (SSSR count). The number of anilines is 2. The lowest BCUT2D eigenvalue weighted by Gasteiger charge is -2.09. The van der Waals surface area contributed by atoms with Gasteiger partial charge in [0.25, 0.3) is 5.91 Å². The van der Waals surface area contributed by atoms with E-state index in [1.807, 2.05) is 13.0 Å². The number of aryl methyl sites for hydroxylation is 1. The summed E-state index contributed by atoms with van der Waals surface area (Å²) in [7, 11) is 0. The van der Waals surface area contributed by atoms with Gasteiger partial charge in [0.15, 0.2) is 11.5 Å². The van der Waals surface area contributed by atoms with Gasteiger partial charge in [-0.05, 0) is 36.8 Å². The Hall–Kier alpha value is -2.69. The number of carbonyl (C=O) groups is 1. The van der Waals surface area contributed by atoms with E-state index in [0.717, 1.165) is 5.56 Å². The Kier molecular flexibility index (Phi) is 2.95. The van der Waals surface area contributed by atoms with E-state index in [2.05, 4.69) is 5.32 Å². The van der Waals surface area contributed by atoms with Crippen LogP contribution in [0.2, 0.25) is 0 Å². The van der Waals surface area contributed by atoms with Crippen LogP contribution in [0, 0.1) is 6.92 Å². The lowest BCUT2D eigenvalue weighted by atomic mass is 10.1. The zero-order valence-corrected chi connectivity index (χ0v) is 11.0. The Morgan fingerprint density at radius 2 is 1.95 bits per heavy atom. The molecule has 0 spiro atoms. The third-order valence-corrected chi connectivity index (χ3v) is 3.14. The average Bonchev–Trinajstić information content (AvgIpc) is 2.89. The molecule has 2 aromatic carbocycles. The molecule has 0 saturated carbocycles. The van der Waals surface area contributed by atoms with Crippen molar-refractivity contribution in [1.82, 2.24) is 0 Å². The monoisotopic (exact) mass is 270 g/mol. The summed E-state index contributed by atoms with van der Waals surface area (Å²) in [5.41, 5.74) is 8.36. The number of hydrogen-bond donors (Lipinski definition) is 2. The molecule has 1 amide bonds. The van der Waals surface area contributed by atoms with E-state index in [1.54, 1.807) is 30.3 Å². The van der Waals surface area contributed by atoms with Crippen LogP contribution in [0.15, 0.2) is 36.4 Å². The highest BCUT2D eigenvalue weighted by Crippen LogP contribution is 2.34. The van der Waals surface area contributed by atoms with E-state index >= 15 is 0 Å². The maximum absolute atomic E-state index is 12.2. The minimum atomic E-state index is -0.200. The number of amides is 1. The summed E-state index contributed by atoms with van der Waals surface area (Å²) in [5.74, 6) is 1.11. The SMILES string of the molecule is Cc1ccc(N)cc1C(=O)Nc1ccc2c(c1)OCO2. The fourth-order valence-corrected chi connectivity index (χ4v) is 2.06. The van der Waals surface area contributed by atoms with Gasteiger partial charge in [-0.3, -0.25) is 4.79 Å². The maximum atomic E-state index is 12.2. The highest BCUT2D eigenvalue weighted by Gasteiger charge is 2.15. The summed E-state index contributed by atoms with van der Waals surface area (Å²) in [6.07, 6.45) is 0. The average molecular weight is 270 g/mol. The Bertz CT molecular complexity index is 683. The number of carbonyl (C=O) groups excluding carboxylic acids is 1. The molecular weight excluding hydrogens is 256 g/mol. The second-order valence-electron chi connectivity index (χ2n) is 4.60. The molecule has 0 radical (unpaired) electrons. The number of hydrogen-bond acceptors (Lipinski definition) is 4. The fourth-order valence-electron chi connectivity index (χ4n) is 2.06. The molecule has 1 aliphatic heterocycles. The van der Waals surface area contributed by atoms with Gasteiger partial charge >= 0.3 is 0 Å². The van der Waals surface area contributed by atoms with Gasteiger partial charge in [0.2, 0.25) is 6.79 Å². The molecule has 0 aliphatic carbocycles. The topological polar surface area (TPSA) is 73.6 Å². The molecule has 1 aliphatic rings. The van der Waals surface area contributed by atoms with Crippen molar-refractivity contribution < 1.29 is 14.3 Å². The van der Waals surface area contributed by atoms with E-state index in [1.165, 1.54) is 0 Å². The van der Waals surface area contributed by atoms with Crippen LogP contribution in [-0.4, -0.2) is 12.7 Å². The molecule has 0 unspecified atom stereocenters. The highest BCUT2D eigenvalue weighted by molar-refractivity contribution is 6.05. The molecule has 102 valence electrons. The number of ether oxygens (including phenoxy) is 2. The van der Waals surface area contributed by atoms with Crippen LogP contribution in [0.1, 0.15) is 15.9 Å². The number of nitrogens with two attached hydrogens (primary N) is 1. The van der Waals surface area contributed by atoms with Crippen molar-refractivity contribution in [1.29, 1.82) is 0 Å². The van der Waals surface area contributed by atoms with Crippen molar-refractivity contribution in [2.24, 2.45) is 0 Å². The fraction of sp³-hybridized carbons (Fsp3) is 0.133. The number of nitrogens with one attached hydrogen (secondary N) is 1. The Balaban J connectivity index is 1.84. The Morgan fingerprint density at radius 1 is 1.15 bits per heavy atom. The summed E-state index contributed by atoms with van der Waals surface area (Å²) < 4.78 is 10.5. The molecule has 3 N–H and O–H groups in total. The van der Waals surface area contributed by atoms with E-state index in [-0.39, 0.29) is 12.7 Å². The lowest BCUT2D eigenvalue weighted by Crippen LogP contribution is -2.13. The third kappa shape index (κ3) is 2.25. The van der Waals surface area contributed by atoms with E-state index < -0.39 is 0 Å². The van der Waals surface area contributed by atoms with Gasteiger partial charge in [-0.1, -0.05) is 6.07 Å². The molecule has 0 atom stereocenters. The minimum Gasteiger partial charge on any atom is -0.454 e. The first-order chi connectivity index (χ1) is 9.63. The first kappa shape index (κ1) is 12.3. The molecule has 0 fully saturated rings. The third-order valence-electron chi connectivity index (χ3n) is 3.14. The Morgan fingerprint density at radius 3 is 2.80 bits per heavy atom. The van der Waals surface area contributed by atoms with Gasteiger partial charge in [0, 0.05) is 23.0 Å². The summed E-state index contributed by atoms with van der Waals surface area (Å²) in [6.45, 7) is 2.08. The van der Waals surface area contributed by atoms with Crippen LogP contribution in [-0.2, 0) is 0 Å². The van der Waals surface area contributed by atoms with Crippen molar-refractivity contribution >= 4 is 17.3 Å². The quantitative estimate of drug-likeness (QED) is 0.822. The standard InChI is InChI=1S/C15H14N2O3/c1-9-2-3-10(16)6-12(9)15(18)17-11-4-5-13-14(7-11)20-8-19-13/h2-7H,8,16H2,1H3,(H,17,18). The first-order valence-electron chi connectivity index (χ1n) is 6.20. The normalized spacial score (nSPS) is 12.2. The molecule has 2 aromatic rings. The number of benzene rings is 2. The summed E-state index contributed by atoms with van der Waals surface area (Å²) in [4.78, 5) is 12.2. The van der Waals surface area contributed by atoms with E-state index in [9.17, 15) is 4.79 Å². The first-order valence-corrected chi connectivity index (χ1v) is 6.20. The lowest BCUT2D eigenvalue weighted by molar-refractivity contribution is 0.102. The number of rotatable bonds is 2. The van der Waals surface area contributed by atoms with Crippen molar-refractivity contribution in [2.75, 3.05) is 17.8 Å². The van der Waals surface area contributed by atoms with Crippen molar-refractivity contribution in [3.8, 4) is 11.5 Å². The summed E-state index contributed by atoms with van der Waals surface area (Å²) >= 11 is 0. The van der Waals surface area contributed by atoms with Crippen LogP contribution in [0.5, 0.6) is 11.5 Å². The summed E-state index contributed by atoms with van der Waals surface area (Å²) in [6, 6.07) is 10.5. The van der Waals surface area contributed by atoms with Crippen LogP contribution < -0.4 is 20.5 Å². The van der Waals surface area contributed by atoms with Gasteiger partial charge in [-0.15, -0.1) is 0 Å². The van der Waals surface area contributed by atoms with Crippen LogP contribution >= 0.6 is 0 Å². The molecule has 20 heavy (non-hydrogen) atoms. The molecule has 0 aromatic heterocycles. The Labute approximate surface area is 116 Å². The number of fused-ring (bicyclic) bond motifs is 1. The van der Waals surface area contributed by atoms with Crippen molar-refractivity contribution in [3.05, 3.63) is 47.5 Å². The van der Waals surface area contributed by atoms with E-state index in [0.29, 0.717) is 28.4 Å². The maximum Gasteiger partial charge on any atom is 0.256 e.